The van der Waals surface area contributed by atoms with Gasteiger partial charge in [-0.3, -0.25) is 9.36 Å². The number of benzene rings is 2. The monoisotopic (exact) mass is 351 g/mol. The molecule has 1 aliphatic rings. The van der Waals surface area contributed by atoms with Crippen molar-refractivity contribution >= 4 is 22.7 Å². The maximum atomic E-state index is 12.9. The molecule has 2 aromatic carbocycles. The van der Waals surface area contributed by atoms with Crippen LogP contribution in [0, 0.1) is 0 Å². The summed E-state index contributed by atoms with van der Waals surface area (Å²) in [5.41, 5.74) is 2.97. The first-order valence-corrected chi connectivity index (χ1v) is 8.90. The number of nitrogens with zero attached hydrogens (tertiary/aromatic N) is 3. The fourth-order valence-electron chi connectivity index (χ4n) is 3.48. The summed E-state index contributed by atoms with van der Waals surface area (Å²) in [6.45, 7) is 5.37. The number of hydrogen-bond acceptors (Lipinski definition) is 4. The van der Waals surface area contributed by atoms with Gasteiger partial charge in [-0.25, -0.2) is 4.79 Å². The maximum absolute atomic E-state index is 12.9. The van der Waals surface area contributed by atoms with Gasteiger partial charge in [-0.1, -0.05) is 18.2 Å². The lowest BCUT2D eigenvalue weighted by molar-refractivity contribution is 0.0747. The van der Waals surface area contributed by atoms with Crippen molar-refractivity contribution in [3.63, 3.8) is 0 Å². The standard InChI is InChI=1S/C20H21N3O3/c1-2-23-17-14-15(8-9-18(17)26-20(23)25)19(24)22-12-10-21(11-13-22)16-6-4-3-5-7-16/h3-9,14H,2,10-13H2,1H3. The van der Waals surface area contributed by atoms with Crippen LogP contribution in [0.1, 0.15) is 17.3 Å². The van der Waals surface area contributed by atoms with Gasteiger partial charge in [0.2, 0.25) is 0 Å². The van der Waals surface area contributed by atoms with Crippen molar-refractivity contribution in [2.75, 3.05) is 31.1 Å². The lowest BCUT2D eigenvalue weighted by atomic mass is 10.1. The largest absolute Gasteiger partial charge is 0.419 e. The molecule has 1 amide bonds. The number of para-hydroxylation sites is 1. The van der Waals surface area contributed by atoms with E-state index in [0.717, 1.165) is 13.1 Å². The Labute approximate surface area is 151 Å². The fourth-order valence-corrected chi connectivity index (χ4v) is 3.48. The van der Waals surface area contributed by atoms with Gasteiger partial charge in [0.15, 0.2) is 5.58 Å². The first-order chi connectivity index (χ1) is 12.7. The smallest absolute Gasteiger partial charge is 0.408 e. The summed E-state index contributed by atoms with van der Waals surface area (Å²) in [7, 11) is 0. The third-order valence-electron chi connectivity index (χ3n) is 4.92. The predicted octanol–water partition coefficient (Wildman–Crippen LogP) is 2.58. The Morgan fingerprint density at radius 1 is 1.04 bits per heavy atom. The molecule has 0 bridgehead atoms. The van der Waals surface area contributed by atoms with Crippen LogP contribution in [0.3, 0.4) is 0 Å². The second-order valence-electron chi connectivity index (χ2n) is 6.41. The zero-order chi connectivity index (χ0) is 18.1. The minimum Gasteiger partial charge on any atom is -0.408 e. The maximum Gasteiger partial charge on any atom is 0.419 e. The van der Waals surface area contributed by atoms with Gasteiger partial charge in [0.05, 0.1) is 5.52 Å². The Morgan fingerprint density at radius 3 is 2.46 bits per heavy atom. The average molecular weight is 351 g/mol. The van der Waals surface area contributed by atoms with Crippen LogP contribution in [0.4, 0.5) is 5.69 Å². The van der Waals surface area contributed by atoms with E-state index in [9.17, 15) is 9.59 Å². The molecule has 3 aromatic rings. The van der Waals surface area contributed by atoms with Crippen LogP contribution in [0.25, 0.3) is 11.1 Å². The van der Waals surface area contributed by atoms with Crippen molar-refractivity contribution in [2.24, 2.45) is 0 Å². The molecule has 6 heteroatoms. The highest BCUT2D eigenvalue weighted by atomic mass is 16.4. The number of fused-ring (bicyclic) bond motifs is 1. The highest BCUT2D eigenvalue weighted by molar-refractivity contribution is 5.97. The molecule has 0 saturated carbocycles. The van der Waals surface area contributed by atoms with E-state index in [2.05, 4.69) is 17.0 Å². The third-order valence-corrected chi connectivity index (χ3v) is 4.92. The summed E-state index contributed by atoms with van der Waals surface area (Å²) < 4.78 is 6.75. The van der Waals surface area contributed by atoms with Crippen LogP contribution < -0.4 is 10.7 Å². The summed E-state index contributed by atoms with van der Waals surface area (Å²) >= 11 is 0. The van der Waals surface area contributed by atoms with E-state index in [4.69, 9.17) is 4.42 Å². The first kappa shape index (κ1) is 16.4. The number of carbonyl (C=O) groups excluding carboxylic acids is 1. The van der Waals surface area contributed by atoms with E-state index in [1.54, 1.807) is 22.8 Å². The third kappa shape index (κ3) is 2.87. The van der Waals surface area contributed by atoms with Crippen LogP contribution in [0.5, 0.6) is 0 Å². The topological polar surface area (TPSA) is 58.7 Å². The number of aromatic nitrogens is 1. The van der Waals surface area contributed by atoms with Crippen molar-refractivity contribution in [1.29, 1.82) is 0 Å². The highest BCUT2D eigenvalue weighted by Crippen LogP contribution is 2.19. The summed E-state index contributed by atoms with van der Waals surface area (Å²) in [4.78, 5) is 28.9. The van der Waals surface area contributed by atoms with Gasteiger partial charge in [0, 0.05) is 44.0 Å². The van der Waals surface area contributed by atoms with E-state index in [-0.39, 0.29) is 11.7 Å². The van der Waals surface area contributed by atoms with Crippen LogP contribution in [0.2, 0.25) is 0 Å². The fraction of sp³-hybridized carbons (Fsp3) is 0.300. The molecule has 0 N–H and O–H groups in total. The van der Waals surface area contributed by atoms with Crippen molar-refractivity contribution in [3.8, 4) is 0 Å². The number of carbonyl (C=O) groups is 1. The molecule has 26 heavy (non-hydrogen) atoms. The van der Waals surface area contributed by atoms with E-state index >= 15 is 0 Å². The molecule has 1 aromatic heterocycles. The number of oxazole rings is 1. The summed E-state index contributed by atoms with van der Waals surface area (Å²) in [6, 6.07) is 15.4. The number of piperazine rings is 1. The molecule has 1 fully saturated rings. The zero-order valence-corrected chi connectivity index (χ0v) is 14.7. The second kappa shape index (κ2) is 6.71. The van der Waals surface area contributed by atoms with Gasteiger partial charge in [0.1, 0.15) is 0 Å². The Morgan fingerprint density at radius 2 is 1.77 bits per heavy atom. The van der Waals surface area contributed by atoms with E-state index < -0.39 is 0 Å². The SMILES string of the molecule is CCn1c(=O)oc2ccc(C(=O)N3CCN(c4ccccc4)CC3)cc21. The first-order valence-electron chi connectivity index (χ1n) is 8.90. The number of aryl methyl sites for hydroxylation is 1. The quantitative estimate of drug-likeness (QED) is 0.728. The van der Waals surface area contributed by atoms with Gasteiger partial charge in [-0.2, -0.15) is 0 Å². The van der Waals surface area contributed by atoms with Gasteiger partial charge in [0.25, 0.3) is 5.91 Å². The number of amides is 1. The number of rotatable bonds is 3. The molecule has 0 radical (unpaired) electrons. The molecule has 0 unspecified atom stereocenters. The highest BCUT2D eigenvalue weighted by Gasteiger charge is 2.23. The Balaban J connectivity index is 1.52. The molecule has 2 heterocycles. The van der Waals surface area contributed by atoms with Crippen molar-refractivity contribution in [1.82, 2.24) is 9.47 Å². The molecular weight excluding hydrogens is 330 g/mol. The Bertz CT molecular complexity index is 982. The van der Waals surface area contributed by atoms with Crippen LogP contribution in [-0.4, -0.2) is 41.6 Å². The molecule has 0 aliphatic carbocycles. The summed E-state index contributed by atoms with van der Waals surface area (Å²) in [6.07, 6.45) is 0. The number of anilines is 1. The molecule has 1 aliphatic heterocycles. The Hall–Kier alpha value is -3.02. The van der Waals surface area contributed by atoms with Gasteiger partial charge in [-0.15, -0.1) is 0 Å². The van der Waals surface area contributed by atoms with Crippen LogP contribution >= 0.6 is 0 Å². The van der Waals surface area contributed by atoms with Gasteiger partial charge < -0.3 is 14.2 Å². The van der Waals surface area contributed by atoms with Crippen LogP contribution in [-0.2, 0) is 6.54 Å². The van der Waals surface area contributed by atoms with E-state index in [0.29, 0.717) is 36.3 Å². The van der Waals surface area contributed by atoms with Gasteiger partial charge >= 0.3 is 5.76 Å². The lowest BCUT2D eigenvalue weighted by Crippen LogP contribution is -2.48. The minimum absolute atomic E-state index is 0.00378. The summed E-state index contributed by atoms with van der Waals surface area (Å²) in [5.74, 6) is -0.389. The van der Waals surface area contributed by atoms with Crippen molar-refractivity contribution in [3.05, 3.63) is 64.6 Å². The van der Waals surface area contributed by atoms with E-state index in [1.165, 1.54) is 5.69 Å². The molecule has 0 atom stereocenters. The molecular formula is C20H21N3O3. The predicted molar refractivity (Wildman–Crippen MR) is 101 cm³/mol. The summed E-state index contributed by atoms with van der Waals surface area (Å²) in [5, 5.41) is 0. The van der Waals surface area contributed by atoms with Crippen molar-refractivity contribution < 1.29 is 9.21 Å². The zero-order valence-electron chi connectivity index (χ0n) is 14.7. The molecule has 6 nitrogen and oxygen atoms in total. The number of hydrogen-bond donors (Lipinski definition) is 0. The Kier molecular flexibility index (Phi) is 4.24. The lowest BCUT2D eigenvalue weighted by Gasteiger charge is -2.36. The minimum atomic E-state index is -0.386. The normalized spacial score (nSPS) is 14.8. The average Bonchev–Trinajstić information content (AvgIpc) is 3.02. The molecule has 0 spiro atoms. The van der Waals surface area contributed by atoms with E-state index in [1.807, 2.05) is 30.0 Å². The second-order valence-corrected chi connectivity index (χ2v) is 6.41. The van der Waals surface area contributed by atoms with Crippen molar-refractivity contribution in [2.45, 2.75) is 13.5 Å². The molecule has 134 valence electrons. The molecule has 1 saturated heterocycles. The van der Waals surface area contributed by atoms with Gasteiger partial charge in [-0.05, 0) is 37.3 Å². The molecule has 4 rings (SSSR count). The van der Waals surface area contributed by atoms with Crippen LogP contribution in [0.15, 0.2) is 57.7 Å².